The number of hydrogen-bond acceptors (Lipinski definition) is 3. The number of aromatic nitrogens is 1. The molecule has 0 radical (unpaired) electrons. The first-order chi connectivity index (χ1) is 7.88. The fourth-order valence-corrected chi connectivity index (χ4v) is 2.09. The summed E-state index contributed by atoms with van der Waals surface area (Å²) in [6, 6.07) is 3.10. The predicted octanol–water partition coefficient (Wildman–Crippen LogP) is 4.06. The first-order valence-corrected chi connectivity index (χ1v) is 5.72. The summed E-state index contributed by atoms with van der Waals surface area (Å²) >= 11 is 6.99. The monoisotopic (exact) mass is 278 g/mol. The number of benzene rings is 1. The van der Waals surface area contributed by atoms with E-state index in [1.54, 1.807) is 5.38 Å². The van der Waals surface area contributed by atoms with Crippen LogP contribution in [0.5, 0.6) is 0 Å². The highest BCUT2D eigenvalue weighted by Crippen LogP contribution is 2.36. The van der Waals surface area contributed by atoms with Gasteiger partial charge in [-0.2, -0.15) is 13.2 Å². The summed E-state index contributed by atoms with van der Waals surface area (Å²) in [4.78, 5) is 3.91. The number of hydrogen-bond donors (Lipinski definition) is 1. The second-order valence-electron chi connectivity index (χ2n) is 3.26. The molecule has 0 spiro atoms. The molecule has 2 rings (SSSR count). The molecular formula is C10H6ClF3N2S. The molecule has 1 heterocycles. The molecule has 17 heavy (non-hydrogen) atoms. The van der Waals surface area contributed by atoms with Gasteiger partial charge in [0.25, 0.3) is 0 Å². The Morgan fingerprint density at radius 2 is 2.00 bits per heavy atom. The van der Waals surface area contributed by atoms with Gasteiger partial charge < -0.3 is 5.73 Å². The minimum atomic E-state index is -4.40. The Morgan fingerprint density at radius 3 is 2.53 bits per heavy atom. The van der Waals surface area contributed by atoms with Crippen molar-refractivity contribution in [1.82, 2.24) is 4.98 Å². The molecule has 2 nitrogen and oxygen atoms in total. The lowest BCUT2D eigenvalue weighted by Crippen LogP contribution is -2.04. The molecule has 0 aliphatic carbocycles. The van der Waals surface area contributed by atoms with E-state index in [1.807, 2.05) is 0 Å². The fourth-order valence-electron chi connectivity index (χ4n) is 1.31. The van der Waals surface area contributed by atoms with Crippen LogP contribution >= 0.6 is 22.9 Å². The van der Waals surface area contributed by atoms with E-state index >= 15 is 0 Å². The van der Waals surface area contributed by atoms with Gasteiger partial charge in [-0.3, -0.25) is 0 Å². The molecule has 90 valence electrons. The van der Waals surface area contributed by atoms with E-state index in [-0.39, 0.29) is 15.7 Å². The molecule has 0 unspecified atom stereocenters. The van der Waals surface area contributed by atoms with E-state index in [4.69, 9.17) is 17.3 Å². The van der Waals surface area contributed by atoms with Crippen LogP contribution in [0.3, 0.4) is 0 Å². The normalized spacial score (nSPS) is 11.8. The topological polar surface area (TPSA) is 38.9 Å². The molecule has 0 amide bonds. The minimum absolute atomic E-state index is 0.211. The number of thiazole rings is 1. The van der Waals surface area contributed by atoms with Crippen LogP contribution in [0.2, 0.25) is 5.02 Å². The molecular weight excluding hydrogens is 273 g/mol. The Hall–Kier alpha value is -1.27. The Balaban J connectivity index is 2.54. The smallest absolute Gasteiger partial charge is 0.375 e. The molecule has 0 fully saturated rings. The second-order valence-corrected chi connectivity index (χ2v) is 4.56. The number of alkyl halides is 3. The molecule has 0 atom stereocenters. The van der Waals surface area contributed by atoms with Crippen molar-refractivity contribution < 1.29 is 13.2 Å². The molecule has 0 aliphatic rings. The Labute approximate surface area is 104 Å². The number of nitrogens with two attached hydrogens (primary N) is 1. The quantitative estimate of drug-likeness (QED) is 0.854. The van der Waals surface area contributed by atoms with Crippen LogP contribution in [0.15, 0.2) is 23.6 Å². The minimum Gasteiger partial charge on any atom is -0.375 e. The SMILES string of the molecule is Nc1nc(-c2cc(C(F)(F)F)ccc2Cl)cs1. The summed E-state index contributed by atoms with van der Waals surface area (Å²) in [7, 11) is 0. The van der Waals surface area contributed by atoms with Crippen molar-refractivity contribution in [2.24, 2.45) is 0 Å². The molecule has 1 aromatic heterocycles. The highest BCUT2D eigenvalue weighted by atomic mass is 35.5. The zero-order chi connectivity index (χ0) is 12.6. The van der Waals surface area contributed by atoms with Gasteiger partial charge in [0.05, 0.1) is 16.3 Å². The molecule has 1 aromatic carbocycles. The van der Waals surface area contributed by atoms with Gasteiger partial charge in [-0.1, -0.05) is 11.6 Å². The zero-order valence-corrected chi connectivity index (χ0v) is 9.83. The van der Waals surface area contributed by atoms with E-state index in [1.165, 1.54) is 6.07 Å². The predicted molar refractivity (Wildman–Crippen MR) is 62.0 cm³/mol. The van der Waals surface area contributed by atoms with Gasteiger partial charge in [0.1, 0.15) is 0 Å². The Kier molecular flexibility index (Phi) is 3.01. The van der Waals surface area contributed by atoms with Crippen molar-refractivity contribution in [2.45, 2.75) is 6.18 Å². The van der Waals surface area contributed by atoms with E-state index in [2.05, 4.69) is 4.98 Å². The molecule has 2 aromatic rings. The maximum absolute atomic E-state index is 12.5. The van der Waals surface area contributed by atoms with Crippen molar-refractivity contribution >= 4 is 28.1 Å². The van der Waals surface area contributed by atoms with Crippen molar-refractivity contribution in [3.63, 3.8) is 0 Å². The number of halogens is 4. The summed E-state index contributed by atoms with van der Waals surface area (Å²) in [5.41, 5.74) is 5.25. The van der Waals surface area contributed by atoms with E-state index in [0.717, 1.165) is 23.5 Å². The van der Waals surface area contributed by atoms with Gasteiger partial charge in [0.2, 0.25) is 0 Å². The second kappa shape index (κ2) is 4.19. The Morgan fingerprint density at radius 1 is 1.29 bits per heavy atom. The van der Waals surface area contributed by atoms with Crippen LogP contribution in [-0.2, 0) is 6.18 Å². The highest BCUT2D eigenvalue weighted by molar-refractivity contribution is 7.13. The van der Waals surface area contributed by atoms with Gasteiger partial charge >= 0.3 is 6.18 Å². The summed E-state index contributed by atoms with van der Waals surface area (Å²) in [6.45, 7) is 0. The molecule has 0 saturated carbocycles. The number of nitrogens with zero attached hydrogens (tertiary/aromatic N) is 1. The van der Waals surface area contributed by atoms with Gasteiger partial charge in [0.15, 0.2) is 5.13 Å². The summed E-state index contributed by atoms with van der Waals surface area (Å²) in [5.74, 6) is 0. The van der Waals surface area contributed by atoms with E-state index in [9.17, 15) is 13.2 Å². The number of rotatable bonds is 1. The first kappa shape index (κ1) is 12.2. The third-order valence-electron chi connectivity index (χ3n) is 2.09. The highest BCUT2D eigenvalue weighted by Gasteiger charge is 2.31. The van der Waals surface area contributed by atoms with E-state index in [0.29, 0.717) is 5.69 Å². The Bertz CT molecular complexity index is 551. The van der Waals surface area contributed by atoms with Crippen LogP contribution in [0.25, 0.3) is 11.3 Å². The lowest BCUT2D eigenvalue weighted by atomic mass is 10.1. The van der Waals surface area contributed by atoms with Gasteiger partial charge in [0, 0.05) is 10.9 Å². The van der Waals surface area contributed by atoms with Crippen molar-refractivity contribution in [2.75, 3.05) is 5.73 Å². The zero-order valence-electron chi connectivity index (χ0n) is 8.25. The summed E-state index contributed by atoms with van der Waals surface area (Å²) < 4.78 is 37.6. The fraction of sp³-hybridized carbons (Fsp3) is 0.100. The lowest BCUT2D eigenvalue weighted by molar-refractivity contribution is -0.137. The molecule has 0 saturated heterocycles. The van der Waals surface area contributed by atoms with Gasteiger partial charge in [-0.15, -0.1) is 11.3 Å². The average Bonchev–Trinajstić information content (AvgIpc) is 2.63. The summed E-state index contributed by atoms with van der Waals surface area (Å²) in [5, 5.41) is 2.06. The van der Waals surface area contributed by atoms with Crippen LogP contribution in [-0.4, -0.2) is 4.98 Å². The largest absolute Gasteiger partial charge is 0.416 e. The van der Waals surface area contributed by atoms with Crippen LogP contribution < -0.4 is 5.73 Å². The number of anilines is 1. The third kappa shape index (κ3) is 2.53. The first-order valence-electron chi connectivity index (χ1n) is 4.46. The van der Waals surface area contributed by atoms with Gasteiger partial charge in [-0.05, 0) is 18.2 Å². The van der Waals surface area contributed by atoms with Crippen molar-refractivity contribution in [3.05, 3.63) is 34.2 Å². The average molecular weight is 279 g/mol. The standard InChI is InChI=1S/C10H6ClF3N2S/c11-7-2-1-5(10(12,13)14)3-6(7)8-4-17-9(15)16-8/h1-4H,(H2,15,16). The van der Waals surface area contributed by atoms with Crippen molar-refractivity contribution in [3.8, 4) is 11.3 Å². The molecule has 2 N–H and O–H groups in total. The van der Waals surface area contributed by atoms with Gasteiger partial charge in [-0.25, -0.2) is 4.98 Å². The lowest BCUT2D eigenvalue weighted by Gasteiger charge is -2.08. The maximum atomic E-state index is 12.5. The van der Waals surface area contributed by atoms with Crippen molar-refractivity contribution in [1.29, 1.82) is 0 Å². The van der Waals surface area contributed by atoms with Crippen LogP contribution in [0, 0.1) is 0 Å². The van der Waals surface area contributed by atoms with E-state index < -0.39 is 11.7 Å². The third-order valence-corrected chi connectivity index (χ3v) is 3.10. The summed E-state index contributed by atoms with van der Waals surface area (Å²) in [6.07, 6.45) is -4.40. The molecule has 7 heteroatoms. The molecule has 0 aliphatic heterocycles. The molecule has 0 bridgehead atoms. The van der Waals surface area contributed by atoms with Crippen LogP contribution in [0.1, 0.15) is 5.56 Å². The van der Waals surface area contributed by atoms with Crippen LogP contribution in [0.4, 0.5) is 18.3 Å². The maximum Gasteiger partial charge on any atom is 0.416 e. The number of nitrogen functional groups attached to an aromatic ring is 1.